The lowest BCUT2D eigenvalue weighted by molar-refractivity contribution is -0.384. The van der Waals surface area contributed by atoms with Gasteiger partial charge in [-0.25, -0.2) is 0 Å². The molecule has 0 radical (unpaired) electrons. The van der Waals surface area contributed by atoms with Crippen molar-refractivity contribution in [1.82, 2.24) is 0 Å². The van der Waals surface area contributed by atoms with E-state index in [9.17, 15) is 20.0 Å². The Hall–Kier alpha value is -1.95. The number of hydrogen-bond acceptors (Lipinski definition) is 5. The number of nitro benzene ring substituents is 1. The number of non-ortho nitro benzene ring substituents is 1. The van der Waals surface area contributed by atoms with Crippen molar-refractivity contribution >= 4 is 11.7 Å². The first-order valence-electron chi connectivity index (χ1n) is 7.28. The summed E-state index contributed by atoms with van der Waals surface area (Å²) in [6.45, 7) is 7.15. The minimum absolute atomic E-state index is 0.00239. The van der Waals surface area contributed by atoms with Gasteiger partial charge in [-0.2, -0.15) is 0 Å². The van der Waals surface area contributed by atoms with Crippen LogP contribution in [0.15, 0.2) is 24.3 Å². The predicted octanol–water partition coefficient (Wildman–Crippen LogP) is 2.87. The van der Waals surface area contributed by atoms with Crippen molar-refractivity contribution in [3.05, 3.63) is 39.9 Å². The lowest BCUT2D eigenvalue weighted by Gasteiger charge is -2.26. The Bertz CT molecular complexity index is 518. The maximum atomic E-state index is 12.1. The van der Waals surface area contributed by atoms with E-state index < -0.39 is 28.5 Å². The molecule has 1 rings (SSSR count). The minimum Gasteiger partial charge on any atom is -0.460 e. The lowest BCUT2D eigenvalue weighted by atomic mass is 9.93. The summed E-state index contributed by atoms with van der Waals surface area (Å²) in [6.07, 6.45) is -0.181. The Morgan fingerprint density at radius 2 is 1.86 bits per heavy atom. The number of hydrogen-bond donors (Lipinski definition) is 1. The highest BCUT2D eigenvalue weighted by molar-refractivity contribution is 5.73. The summed E-state index contributed by atoms with van der Waals surface area (Å²) in [6, 6.07) is 5.94. The Morgan fingerprint density at radius 3 is 2.27 bits per heavy atom. The zero-order chi connectivity index (χ0) is 16.9. The topological polar surface area (TPSA) is 89.7 Å². The number of ether oxygens (including phenoxy) is 1. The van der Waals surface area contributed by atoms with E-state index >= 15 is 0 Å². The molecule has 0 spiro atoms. The third kappa shape index (κ3) is 5.44. The van der Waals surface area contributed by atoms with Crippen molar-refractivity contribution in [2.45, 2.75) is 52.2 Å². The van der Waals surface area contributed by atoms with Crippen LogP contribution in [0.4, 0.5) is 5.69 Å². The number of nitrogens with zero attached hydrogens (tertiary/aromatic N) is 1. The number of nitro groups is 1. The molecule has 0 saturated heterocycles. The van der Waals surface area contributed by atoms with Gasteiger partial charge in [-0.3, -0.25) is 14.9 Å². The fourth-order valence-corrected chi connectivity index (χ4v) is 2.11. The van der Waals surface area contributed by atoms with Crippen LogP contribution in [-0.2, 0) is 16.0 Å². The molecule has 1 aromatic rings. The maximum Gasteiger partial charge on any atom is 0.312 e. The Morgan fingerprint density at radius 1 is 1.32 bits per heavy atom. The molecule has 6 nitrogen and oxygen atoms in total. The molecular formula is C16H23NO5. The van der Waals surface area contributed by atoms with E-state index in [0.29, 0.717) is 6.42 Å². The van der Waals surface area contributed by atoms with Crippen molar-refractivity contribution in [1.29, 1.82) is 0 Å². The fraction of sp³-hybridized carbons (Fsp3) is 0.562. The molecule has 22 heavy (non-hydrogen) atoms. The Balaban J connectivity index is 2.74. The molecule has 2 unspecified atom stereocenters. The highest BCUT2D eigenvalue weighted by atomic mass is 16.6. The molecule has 0 aromatic heterocycles. The third-order valence-corrected chi connectivity index (χ3v) is 3.21. The van der Waals surface area contributed by atoms with Crippen molar-refractivity contribution in [3.8, 4) is 0 Å². The molecule has 0 fully saturated rings. The molecule has 2 atom stereocenters. The number of rotatable bonds is 6. The van der Waals surface area contributed by atoms with Crippen LogP contribution in [0, 0.1) is 16.0 Å². The molecule has 0 aliphatic carbocycles. The smallest absolute Gasteiger partial charge is 0.312 e. The van der Waals surface area contributed by atoms with Crippen LogP contribution < -0.4 is 0 Å². The SMILES string of the molecule is CCC(C(=O)OC(C)(C)C)C(O)Cc1ccc([N+](=O)[O-])cc1. The molecule has 1 aromatic carbocycles. The Labute approximate surface area is 130 Å². The first kappa shape index (κ1) is 18.1. The summed E-state index contributed by atoms with van der Waals surface area (Å²) in [7, 11) is 0. The number of aliphatic hydroxyl groups is 1. The van der Waals surface area contributed by atoms with Gasteiger partial charge in [0.15, 0.2) is 0 Å². The average Bonchev–Trinajstić information content (AvgIpc) is 2.37. The van der Waals surface area contributed by atoms with Gasteiger partial charge in [0.05, 0.1) is 16.9 Å². The molecule has 1 N–H and O–H groups in total. The molecule has 0 saturated carbocycles. The van der Waals surface area contributed by atoms with E-state index in [2.05, 4.69) is 0 Å². The summed E-state index contributed by atoms with van der Waals surface area (Å²) in [5.74, 6) is -1.04. The van der Waals surface area contributed by atoms with E-state index in [0.717, 1.165) is 5.56 Å². The van der Waals surface area contributed by atoms with Crippen molar-refractivity contribution < 1.29 is 19.6 Å². The first-order valence-corrected chi connectivity index (χ1v) is 7.28. The second kappa shape index (κ2) is 7.35. The zero-order valence-corrected chi connectivity index (χ0v) is 13.4. The summed E-state index contributed by atoms with van der Waals surface area (Å²) < 4.78 is 5.31. The van der Waals surface area contributed by atoms with Gasteiger partial charge in [-0.1, -0.05) is 19.1 Å². The van der Waals surface area contributed by atoms with Gasteiger partial charge < -0.3 is 9.84 Å². The maximum absolute atomic E-state index is 12.1. The summed E-state index contributed by atoms with van der Waals surface area (Å²) in [5, 5.41) is 20.9. The lowest BCUT2D eigenvalue weighted by Crippen LogP contribution is -2.35. The van der Waals surface area contributed by atoms with Crippen molar-refractivity contribution in [2.24, 2.45) is 5.92 Å². The highest BCUT2D eigenvalue weighted by Crippen LogP contribution is 2.20. The van der Waals surface area contributed by atoms with E-state index in [4.69, 9.17) is 4.74 Å². The standard InChI is InChI=1S/C16H23NO5/c1-5-13(15(19)22-16(2,3)4)14(18)10-11-6-8-12(9-7-11)17(20)21/h6-9,13-14,18H,5,10H2,1-4H3. The average molecular weight is 309 g/mol. The number of esters is 1. The van der Waals surface area contributed by atoms with Crippen LogP contribution in [0.5, 0.6) is 0 Å². The largest absolute Gasteiger partial charge is 0.460 e. The van der Waals surface area contributed by atoms with E-state index in [1.165, 1.54) is 12.1 Å². The van der Waals surface area contributed by atoms with Crippen LogP contribution in [0.1, 0.15) is 39.7 Å². The van der Waals surface area contributed by atoms with Crippen LogP contribution in [0.25, 0.3) is 0 Å². The summed E-state index contributed by atoms with van der Waals surface area (Å²) >= 11 is 0. The number of benzene rings is 1. The van der Waals surface area contributed by atoms with Gasteiger partial charge in [0.1, 0.15) is 5.60 Å². The summed E-state index contributed by atoms with van der Waals surface area (Å²) in [5.41, 5.74) is 0.134. The van der Waals surface area contributed by atoms with E-state index in [1.807, 2.05) is 6.92 Å². The zero-order valence-electron chi connectivity index (χ0n) is 13.4. The minimum atomic E-state index is -0.888. The van der Waals surface area contributed by atoms with Gasteiger partial charge in [-0.05, 0) is 39.2 Å². The van der Waals surface area contributed by atoms with Crippen LogP contribution in [-0.4, -0.2) is 27.7 Å². The fourth-order valence-electron chi connectivity index (χ4n) is 2.11. The third-order valence-electron chi connectivity index (χ3n) is 3.21. The van der Waals surface area contributed by atoms with E-state index in [-0.39, 0.29) is 12.1 Å². The molecule has 6 heteroatoms. The van der Waals surface area contributed by atoms with Gasteiger partial charge >= 0.3 is 5.97 Å². The number of carbonyl (C=O) groups is 1. The quantitative estimate of drug-likeness (QED) is 0.496. The molecular weight excluding hydrogens is 286 g/mol. The highest BCUT2D eigenvalue weighted by Gasteiger charge is 2.29. The number of carbonyl (C=O) groups excluding carboxylic acids is 1. The second-order valence-corrected chi connectivity index (χ2v) is 6.24. The van der Waals surface area contributed by atoms with Crippen LogP contribution in [0.2, 0.25) is 0 Å². The summed E-state index contributed by atoms with van der Waals surface area (Å²) in [4.78, 5) is 22.2. The molecule has 0 aliphatic heterocycles. The molecule has 0 amide bonds. The monoisotopic (exact) mass is 309 g/mol. The predicted molar refractivity (Wildman–Crippen MR) is 82.4 cm³/mol. The van der Waals surface area contributed by atoms with E-state index in [1.54, 1.807) is 32.9 Å². The molecule has 122 valence electrons. The number of aliphatic hydroxyl groups excluding tert-OH is 1. The Kier molecular flexibility index (Phi) is 6.05. The molecule has 0 bridgehead atoms. The van der Waals surface area contributed by atoms with Crippen LogP contribution in [0.3, 0.4) is 0 Å². The first-order chi connectivity index (χ1) is 10.1. The molecule has 0 heterocycles. The van der Waals surface area contributed by atoms with Crippen molar-refractivity contribution in [3.63, 3.8) is 0 Å². The van der Waals surface area contributed by atoms with Gasteiger partial charge in [-0.15, -0.1) is 0 Å². The van der Waals surface area contributed by atoms with Gasteiger partial charge in [0.25, 0.3) is 5.69 Å². The second-order valence-electron chi connectivity index (χ2n) is 6.24. The molecule has 0 aliphatic rings. The van der Waals surface area contributed by atoms with Gasteiger partial charge in [0, 0.05) is 12.1 Å². The van der Waals surface area contributed by atoms with Crippen molar-refractivity contribution in [2.75, 3.05) is 0 Å². The van der Waals surface area contributed by atoms with Gasteiger partial charge in [0.2, 0.25) is 0 Å². The van der Waals surface area contributed by atoms with Crippen LogP contribution >= 0.6 is 0 Å². The normalized spacial score (nSPS) is 14.2.